The molecule has 1 fully saturated rings. The summed E-state index contributed by atoms with van der Waals surface area (Å²) in [5.41, 5.74) is 5.21. The Bertz CT molecular complexity index is 345. The van der Waals surface area contributed by atoms with Gasteiger partial charge in [-0.1, -0.05) is 27.2 Å². The van der Waals surface area contributed by atoms with Gasteiger partial charge in [-0.05, 0) is 31.6 Å². The van der Waals surface area contributed by atoms with E-state index in [1.165, 1.54) is 0 Å². The van der Waals surface area contributed by atoms with Gasteiger partial charge in [0.15, 0.2) is 0 Å². The quantitative estimate of drug-likeness (QED) is 0.779. The van der Waals surface area contributed by atoms with E-state index in [-0.39, 0.29) is 12.5 Å². The summed E-state index contributed by atoms with van der Waals surface area (Å²) in [5, 5.41) is 9.43. The first-order valence-corrected chi connectivity index (χ1v) is 7.69. The Morgan fingerprint density at radius 2 is 1.90 bits per heavy atom. The Morgan fingerprint density at radius 1 is 1.30 bits per heavy atom. The highest BCUT2D eigenvalue weighted by molar-refractivity contribution is 5.88. The number of nitrogens with two attached hydrogens (primary N) is 1. The molecule has 1 rings (SSSR count). The lowest BCUT2D eigenvalue weighted by atomic mass is 9.79. The van der Waals surface area contributed by atoms with Crippen LogP contribution in [0.15, 0.2) is 0 Å². The molecule has 5 nitrogen and oxygen atoms in total. The molecule has 0 saturated carbocycles. The average Bonchev–Trinajstić information content (AvgIpc) is 2.48. The van der Waals surface area contributed by atoms with Gasteiger partial charge in [0.25, 0.3) is 0 Å². The summed E-state index contributed by atoms with van der Waals surface area (Å²) < 4.78 is 0. The van der Waals surface area contributed by atoms with Gasteiger partial charge in [-0.25, -0.2) is 4.79 Å². The van der Waals surface area contributed by atoms with Crippen LogP contribution in [-0.2, 0) is 9.59 Å². The van der Waals surface area contributed by atoms with Gasteiger partial charge in [-0.3, -0.25) is 4.79 Å². The number of carboxylic acids is 1. The lowest BCUT2D eigenvalue weighted by Crippen LogP contribution is -2.56. The summed E-state index contributed by atoms with van der Waals surface area (Å²) in [6.45, 7) is 6.78. The molecule has 0 aromatic carbocycles. The van der Waals surface area contributed by atoms with Crippen LogP contribution in [0, 0.1) is 11.3 Å². The van der Waals surface area contributed by atoms with E-state index in [0.29, 0.717) is 31.7 Å². The fourth-order valence-electron chi connectivity index (χ4n) is 3.12. The predicted molar refractivity (Wildman–Crippen MR) is 78.2 cm³/mol. The third-order valence-corrected chi connectivity index (χ3v) is 5.03. The van der Waals surface area contributed by atoms with E-state index >= 15 is 0 Å². The summed E-state index contributed by atoms with van der Waals surface area (Å²) in [7, 11) is 0. The molecule has 1 aliphatic heterocycles. The number of carbonyl (C=O) groups excluding carboxylic acids is 1. The van der Waals surface area contributed by atoms with Crippen LogP contribution in [0.1, 0.15) is 52.9 Å². The monoisotopic (exact) mass is 284 g/mol. The summed E-state index contributed by atoms with van der Waals surface area (Å²) in [6, 6.07) is -0.690. The molecule has 2 unspecified atom stereocenters. The van der Waals surface area contributed by atoms with Crippen molar-refractivity contribution in [3.8, 4) is 0 Å². The van der Waals surface area contributed by atoms with Gasteiger partial charge in [-0.15, -0.1) is 0 Å². The number of hydrogen-bond acceptors (Lipinski definition) is 3. The maximum Gasteiger partial charge on any atom is 0.326 e. The topological polar surface area (TPSA) is 83.6 Å². The van der Waals surface area contributed by atoms with Crippen molar-refractivity contribution in [3.63, 3.8) is 0 Å². The molecule has 0 bridgehead atoms. The SMILES string of the molecule is CCC1CCN(C(=O)C(CC)(CC)CN)C(C(=O)O)C1. The summed E-state index contributed by atoms with van der Waals surface area (Å²) >= 11 is 0. The largest absolute Gasteiger partial charge is 0.480 e. The van der Waals surface area contributed by atoms with Crippen LogP contribution < -0.4 is 5.73 Å². The lowest BCUT2D eigenvalue weighted by Gasteiger charge is -2.42. The number of likely N-dealkylation sites (tertiary alicyclic amines) is 1. The minimum absolute atomic E-state index is 0.0769. The van der Waals surface area contributed by atoms with Crippen molar-refractivity contribution in [2.45, 2.75) is 58.9 Å². The second kappa shape index (κ2) is 7.07. The van der Waals surface area contributed by atoms with E-state index in [1.54, 1.807) is 4.90 Å². The molecule has 2 atom stereocenters. The summed E-state index contributed by atoms with van der Waals surface area (Å²) in [6.07, 6.45) is 3.72. The van der Waals surface area contributed by atoms with E-state index in [2.05, 4.69) is 6.92 Å². The molecule has 5 heteroatoms. The first kappa shape index (κ1) is 17.0. The minimum atomic E-state index is -0.894. The zero-order valence-corrected chi connectivity index (χ0v) is 12.9. The smallest absolute Gasteiger partial charge is 0.326 e. The van der Waals surface area contributed by atoms with Crippen LogP contribution in [0.25, 0.3) is 0 Å². The first-order valence-electron chi connectivity index (χ1n) is 7.69. The first-order chi connectivity index (χ1) is 9.45. The molecular weight excluding hydrogens is 256 g/mol. The highest BCUT2D eigenvalue weighted by Gasteiger charge is 2.43. The van der Waals surface area contributed by atoms with Crippen molar-refractivity contribution < 1.29 is 14.7 Å². The van der Waals surface area contributed by atoms with Gasteiger partial charge in [-0.2, -0.15) is 0 Å². The number of rotatable bonds is 6. The second-order valence-corrected chi connectivity index (χ2v) is 5.84. The van der Waals surface area contributed by atoms with E-state index in [1.807, 2.05) is 13.8 Å². The normalized spacial score (nSPS) is 23.7. The van der Waals surface area contributed by atoms with E-state index < -0.39 is 17.4 Å². The predicted octanol–water partition coefficient (Wildman–Crippen LogP) is 1.85. The van der Waals surface area contributed by atoms with Gasteiger partial charge in [0.1, 0.15) is 6.04 Å². The van der Waals surface area contributed by atoms with Crippen LogP contribution in [0.4, 0.5) is 0 Å². The van der Waals surface area contributed by atoms with Gasteiger partial charge in [0.05, 0.1) is 5.41 Å². The molecule has 1 aliphatic rings. The molecule has 0 radical (unpaired) electrons. The van der Waals surface area contributed by atoms with Gasteiger partial charge < -0.3 is 15.7 Å². The number of aliphatic carboxylic acids is 1. The Hall–Kier alpha value is -1.10. The van der Waals surface area contributed by atoms with Crippen LogP contribution in [0.5, 0.6) is 0 Å². The third kappa shape index (κ3) is 3.14. The van der Waals surface area contributed by atoms with Crippen molar-refractivity contribution in [1.82, 2.24) is 4.90 Å². The molecule has 1 amide bonds. The highest BCUT2D eigenvalue weighted by Crippen LogP contribution is 2.33. The van der Waals surface area contributed by atoms with E-state index in [9.17, 15) is 14.7 Å². The standard InChI is InChI=1S/C15H28N2O3/c1-4-11-7-8-17(12(9-11)13(18)19)14(20)15(5-2,6-3)10-16/h11-12H,4-10,16H2,1-3H3,(H,18,19). The number of carbonyl (C=O) groups is 2. The fourth-order valence-corrected chi connectivity index (χ4v) is 3.12. The molecule has 1 saturated heterocycles. The molecule has 0 aromatic rings. The maximum atomic E-state index is 12.8. The molecule has 1 heterocycles. The zero-order valence-electron chi connectivity index (χ0n) is 12.9. The molecule has 0 aromatic heterocycles. The van der Waals surface area contributed by atoms with E-state index in [0.717, 1.165) is 12.8 Å². The molecule has 20 heavy (non-hydrogen) atoms. The Labute approximate surface area is 121 Å². The number of hydrogen-bond donors (Lipinski definition) is 2. The average molecular weight is 284 g/mol. The number of carboxylic acid groups (broad SMARTS) is 1. The van der Waals surface area contributed by atoms with Crippen molar-refractivity contribution in [2.75, 3.05) is 13.1 Å². The van der Waals surface area contributed by atoms with Crippen molar-refractivity contribution in [2.24, 2.45) is 17.1 Å². The van der Waals surface area contributed by atoms with E-state index in [4.69, 9.17) is 5.73 Å². The molecule has 0 aliphatic carbocycles. The number of piperidine rings is 1. The second-order valence-electron chi connectivity index (χ2n) is 5.84. The van der Waals surface area contributed by atoms with Crippen molar-refractivity contribution in [1.29, 1.82) is 0 Å². The van der Waals surface area contributed by atoms with Gasteiger partial charge in [0, 0.05) is 13.1 Å². The third-order valence-electron chi connectivity index (χ3n) is 5.03. The van der Waals surface area contributed by atoms with Crippen LogP contribution in [0.2, 0.25) is 0 Å². The maximum absolute atomic E-state index is 12.8. The van der Waals surface area contributed by atoms with Crippen molar-refractivity contribution >= 4 is 11.9 Å². The Kier molecular flexibility index (Phi) is 5.99. The Morgan fingerprint density at radius 3 is 2.30 bits per heavy atom. The molecule has 0 spiro atoms. The fraction of sp³-hybridized carbons (Fsp3) is 0.867. The van der Waals surface area contributed by atoms with Crippen LogP contribution >= 0.6 is 0 Å². The van der Waals surface area contributed by atoms with Crippen molar-refractivity contribution in [3.05, 3.63) is 0 Å². The van der Waals surface area contributed by atoms with Crippen LogP contribution in [-0.4, -0.2) is 41.0 Å². The van der Waals surface area contributed by atoms with Gasteiger partial charge >= 0.3 is 5.97 Å². The lowest BCUT2D eigenvalue weighted by molar-refractivity contribution is -0.158. The minimum Gasteiger partial charge on any atom is -0.480 e. The molecular formula is C15H28N2O3. The molecule has 116 valence electrons. The summed E-state index contributed by atoms with van der Waals surface area (Å²) in [5.74, 6) is -0.572. The van der Waals surface area contributed by atoms with Gasteiger partial charge in [0.2, 0.25) is 5.91 Å². The Balaban J connectivity index is 2.97. The van der Waals surface area contributed by atoms with Crippen LogP contribution in [0.3, 0.4) is 0 Å². The number of nitrogens with zero attached hydrogens (tertiary/aromatic N) is 1. The summed E-state index contributed by atoms with van der Waals surface area (Å²) in [4.78, 5) is 25.9. The molecule has 3 N–H and O–H groups in total. The zero-order chi connectivity index (χ0) is 15.3. The number of amides is 1. The highest BCUT2D eigenvalue weighted by atomic mass is 16.4.